The number of nitrogens with one attached hydrogen (secondary N) is 4. The van der Waals surface area contributed by atoms with Gasteiger partial charge in [0.25, 0.3) is 0 Å². The molecule has 0 radical (unpaired) electrons. The lowest BCUT2D eigenvalue weighted by Gasteiger charge is -2.25. The van der Waals surface area contributed by atoms with Crippen molar-refractivity contribution in [2.75, 3.05) is 31.6 Å². The van der Waals surface area contributed by atoms with Crippen LogP contribution in [-0.2, 0) is 23.9 Å². The van der Waals surface area contributed by atoms with Gasteiger partial charge in [-0.05, 0) is 86.1 Å². The number of amides is 4. The Bertz CT molecular complexity index is 1420. The van der Waals surface area contributed by atoms with E-state index >= 15 is 0 Å². The van der Waals surface area contributed by atoms with Crippen molar-refractivity contribution in [2.45, 2.75) is 117 Å². The molecule has 4 N–H and O–H groups in total. The second-order valence-corrected chi connectivity index (χ2v) is 14.9. The lowest BCUT2D eigenvalue weighted by Crippen LogP contribution is -2.50. The molecule has 5 atom stereocenters. The van der Waals surface area contributed by atoms with Gasteiger partial charge in [0.1, 0.15) is 12.1 Å². The SMILES string of the molecule is CCC(C)CC(=O)N1CCCC1C(=O)Nc1ccc(-c2ccc(C(CC)NC(C)CCOCCNC(=O)C(NC(=O)C3CC3)C(C)C)cc2)cc1. The van der Waals surface area contributed by atoms with Crippen molar-refractivity contribution in [3.63, 3.8) is 0 Å². The fraction of sp³-hybridized carbons (Fsp3) is 0.610. The summed E-state index contributed by atoms with van der Waals surface area (Å²) < 4.78 is 5.81. The predicted molar refractivity (Wildman–Crippen MR) is 203 cm³/mol. The fourth-order valence-electron chi connectivity index (χ4n) is 6.52. The van der Waals surface area contributed by atoms with Gasteiger partial charge in [-0.25, -0.2) is 0 Å². The summed E-state index contributed by atoms with van der Waals surface area (Å²) in [6.45, 7) is 14.4. The standard InChI is InChI=1S/C41H61N5O5/c1-7-28(5)26-37(47)46-23-9-10-36(46)40(49)44-34-19-17-31(18-20-34)30-11-13-32(14-12-30)35(8-2)43-29(6)21-24-51-25-22-42-41(50)38(27(3)4)45-39(48)33-15-16-33/h11-14,17-20,27-29,33,35-36,38,43H,7-10,15-16,21-26H2,1-6H3,(H,42,50)(H,44,49)(H,45,48). The van der Waals surface area contributed by atoms with Crippen molar-refractivity contribution in [1.82, 2.24) is 20.9 Å². The Morgan fingerprint density at radius 1 is 0.843 bits per heavy atom. The number of nitrogens with zero attached hydrogens (tertiary/aromatic N) is 1. The zero-order valence-electron chi connectivity index (χ0n) is 31.6. The third kappa shape index (κ3) is 12.2. The molecule has 10 nitrogen and oxygen atoms in total. The molecular formula is C41H61N5O5. The third-order valence-electron chi connectivity index (χ3n) is 10.2. The number of carbonyl (C=O) groups excluding carboxylic acids is 4. The first-order valence-corrected chi connectivity index (χ1v) is 19.2. The van der Waals surface area contributed by atoms with Crippen molar-refractivity contribution in [3.8, 4) is 11.1 Å². The molecule has 1 aliphatic carbocycles. The van der Waals surface area contributed by atoms with Gasteiger partial charge >= 0.3 is 0 Å². The molecule has 0 spiro atoms. The summed E-state index contributed by atoms with van der Waals surface area (Å²) in [6, 6.07) is 16.0. The number of rotatable bonds is 20. The normalized spacial score (nSPS) is 18.2. The van der Waals surface area contributed by atoms with E-state index in [1.165, 1.54) is 5.56 Å². The van der Waals surface area contributed by atoms with Crippen LogP contribution in [-0.4, -0.2) is 73.0 Å². The molecule has 1 saturated carbocycles. The molecule has 2 aliphatic rings. The highest BCUT2D eigenvalue weighted by atomic mass is 16.5. The Kier molecular flexibility index (Phi) is 15.5. The van der Waals surface area contributed by atoms with Crippen LogP contribution in [0.4, 0.5) is 5.69 Å². The monoisotopic (exact) mass is 703 g/mol. The van der Waals surface area contributed by atoms with Crippen molar-refractivity contribution in [3.05, 3.63) is 54.1 Å². The van der Waals surface area contributed by atoms with Crippen LogP contribution in [0.3, 0.4) is 0 Å². The molecule has 5 unspecified atom stereocenters. The minimum Gasteiger partial charge on any atom is -0.380 e. The van der Waals surface area contributed by atoms with Crippen LogP contribution in [0.25, 0.3) is 11.1 Å². The van der Waals surface area contributed by atoms with Crippen LogP contribution < -0.4 is 21.3 Å². The second kappa shape index (κ2) is 19.7. The van der Waals surface area contributed by atoms with Crippen molar-refractivity contribution in [1.29, 1.82) is 0 Å². The van der Waals surface area contributed by atoms with Crippen LogP contribution >= 0.6 is 0 Å². The molecule has 2 fully saturated rings. The molecule has 0 aromatic heterocycles. The molecule has 1 heterocycles. The summed E-state index contributed by atoms with van der Waals surface area (Å²) in [5.74, 6) is 0.195. The van der Waals surface area contributed by atoms with E-state index in [9.17, 15) is 19.2 Å². The number of likely N-dealkylation sites (tertiary alicyclic amines) is 1. The highest BCUT2D eigenvalue weighted by molar-refractivity contribution is 5.97. The van der Waals surface area contributed by atoms with Gasteiger partial charge in [-0.15, -0.1) is 0 Å². The molecule has 4 amide bonds. The maximum absolute atomic E-state index is 13.1. The molecule has 280 valence electrons. The Morgan fingerprint density at radius 3 is 2.12 bits per heavy atom. The first-order valence-electron chi connectivity index (χ1n) is 19.2. The summed E-state index contributed by atoms with van der Waals surface area (Å²) in [7, 11) is 0. The van der Waals surface area contributed by atoms with Gasteiger partial charge in [0.05, 0.1) is 6.61 Å². The van der Waals surface area contributed by atoms with E-state index in [1.54, 1.807) is 4.90 Å². The first-order chi connectivity index (χ1) is 24.5. The van der Waals surface area contributed by atoms with Gasteiger partial charge < -0.3 is 30.9 Å². The number of benzene rings is 2. The highest BCUT2D eigenvalue weighted by Gasteiger charge is 2.35. The van der Waals surface area contributed by atoms with E-state index in [1.807, 2.05) is 38.1 Å². The molecule has 2 aromatic rings. The van der Waals surface area contributed by atoms with Gasteiger partial charge in [-0.3, -0.25) is 19.2 Å². The Morgan fingerprint density at radius 2 is 1.51 bits per heavy atom. The molecule has 1 aliphatic heterocycles. The first kappa shape index (κ1) is 40.0. The smallest absolute Gasteiger partial charge is 0.247 e. The molecule has 0 bridgehead atoms. The maximum Gasteiger partial charge on any atom is 0.247 e. The van der Waals surface area contributed by atoms with Crippen molar-refractivity contribution >= 4 is 29.3 Å². The lowest BCUT2D eigenvalue weighted by molar-refractivity contribution is -0.137. The summed E-state index contributed by atoms with van der Waals surface area (Å²) in [4.78, 5) is 52.4. The maximum atomic E-state index is 13.1. The fourth-order valence-corrected chi connectivity index (χ4v) is 6.52. The molecule has 4 rings (SSSR count). The molecular weight excluding hydrogens is 642 g/mol. The van der Waals surface area contributed by atoms with Crippen LogP contribution in [0.15, 0.2) is 48.5 Å². The molecule has 51 heavy (non-hydrogen) atoms. The zero-order valence-corrected chi connectivity index (χ0v) is 31.6. The topological polar surface area (TPSA) is 129 Å². The number of anilines is 1. The molecule has 2 aromatic carbocycles. The minimum absolute atomic E-state index is 0.0169. The van der Waals surface area contributed by atoms with Crippen LogP contribution in [0.2, 0.25) is 0 Å². The van der Waals surface area contributed by atoms with Gasteiger partial charge in [0, 0.05) is 49.8 Å². The third-order valence-corrected chi connectivity index (χ3v) is 10.2. The van der Waals surface area contributed by atoms with E-state index in [2.05, 4.69) is 73.2 Å². The largest absolute Gasteiger partial charge is 0.380 e. The number of ether oxygens (including phenoxy) is 1. The Labute approximate surface area is 305 Å². The molecule has 1 saturated heterocycles. The minimum atomic E-state index is -0.519. The Hall–Kier alpha value is -3.76. The van der Waals surface area contributed by atoms with Gasteiger partial charge in [-0.1, -0.05) is 77.4 Å². The van der Waals surface area contributed by atoms with Gasteiger partial charge in [0.2, 0.25) is 23.6 Å². The van der Waals surface area contributed by atoms with E-state index in [0.717, 1.165) is 55.3 Å². The van der Waals surface area contributed by atoms with Crippen molar-refractivity contribution in [2.24, 2.45) is 17.8 Å². The summed E-state index contributed by atoms with van der Waals surface area (Å²) in [5.41, 5.74) is 4.12. The van der Waals surface area contributed by atoms with E-state index in [0.29, 0.717) is 45.1 Å². The average molecular weight is 704 g/mol. The predicted octanol–water partition coefficient (Wildman–Crippen LogP) is 6.22. The summed E-state index contributed by atoms with van der Waals surface area (Å²) in [5, 5.41) is 12.6. The lowest BCUT2D eigenvalue weighted by atomic mass is 9.98. The van der Waals surface area contributed by atoms with E-state index in [4.69, 9.17) is 4.74 Å². The van der Waals surface area contributed by atoms with Gasteiger partial charge in [-0.2, -0.15) is 0 Å². The van der Waals surface area contributed by atoms with Crippen LogP contribution in [0.5, 0.6) is 0 Å². The summed E-state index contributed by atoms with van der Waals surface area (Å²) in [6.07, 6.45) is 6.60. The number of hydrogen-bond acceptors (Lipinski definition) is 6. The quantitative estimate of drug-likeness (QED) is 0.121. The second-order valence-electron chi connectivity index (χ2n) is 14.9. The number of hydrogen-bond donors (Lipinski definition) is 4. The summed E-state index contributed by atoms with van der Waals surface area (Å²) >= 11 is 0. The van der Waals surface area contributed by atoms with Crippen molar-refractivity contribution < 1.29 is 23.9 Å². The molecule has 10 heteroatoms. The van der Waals surface area contributed by atoms with E-state index < -0.39 is 12.1 Å². The average Bonchev–Trinajstić information content (AvgIpc) is 3.86. The zero-order chi connectivity index (χ0) is 36.9. The van der Waals surface area contributed by atoms with E-state index in [-0.39, 0.29) is 47.5 Å². The highest BCUT2D eigenvalue weighted by Crippen LogP contribution is 2.29. The van der Waals surface area contributed by atoms with Gasteiger partial charge in [0.15, 0.2) is 0 Å². The number of carbonyl (C=O) groups is 4. The van der Waals surface area contributed by atoms with Crippen LogP contribution in [0, 0.1) is 17.8 Å². The Balaban J connectivity index is 1.18. The van der Waals surface area contributed by atoms with Crippen LogP contribution in [0.1, 0.15) is 105 Å².